The Morgan fingerprint density at radius 3 is 2.45 bits per heavy atom. The van der Waals surface area contributed by atoms with Crippen molar-refractivity contribution in [2.75, 3.05) is 32.8 Å². The molecule has 3 heteroatoms. The second-order valence-electron chi connectivity index (χ2n) is 5.07. The summed E-state index contributed by atoms with van der Waals surface area (Å²) in [6.45, 7) is 15.6. The van der Waals surface area contributed by atoms with Gasteiger partial charge >= 0.3 is 0 Å². The van der Waals surface area contributed by atoms with Gasteiger partial charge in [0.2, 0.25) is 0 Å². The van der Waals surface area contributed by atoms with E-state index in [4.69, 9.17) is 9.84 Å². The van der Waals surface area contributed by atoms with Crippen molar-refractivity contribution in [3.63, 3.8) is 0 Å². The SMILES string of the molecule is C=C/C=C\C(=C/C=C)OCCCN1CCC(CO)CC1.CC. The minimum Gasteiger partial charge on any atom is -0.494 e. The van der Waals surface area contributed by atoms with E-state index in [0.717, 1.165) is 44.7 Å². The summed E-state index contributed by atoms with van der Waals surface area (Å²) < 4.78 is 5.71. The van der Waals surface area contributed by atoms with Crippen molar-refractivity contribution < 1.29 is 9.84 Å². The van der Waals surface area contributed by atoms with Gasteiger partial charge < -0.3 is 14.7 Å². The Labute approximate surface area is 136 Å². The third-order valence-corrected chi connectivity index (χ3v) is 3.53. The van der Waals surface area contributed by atoms with Crippen molar-refractivity contribution in [3.8, 4) is 0 Å². The summed E-state index contributed by atoms with van der Waals surface area (Å²) in [5, 5.41) is 9.11. The summed E-state index contributed by atoms with van der Waals surface area (Å²) in [6, 6.07) is 0. The van der Waals surface area contributed by atoms with E-state index in [9.17, 15) is 0 Å². The molecule has 126 valence electrons. The first-order valence-corrected chi connectivity index (χ1v) is 8.38. The van der Waals surface area contributed by atoms with E-state index in [2.05, 4.69) is 18.1 Å². The molecular formula is C19H33NO2. The summed E-state index contributed by atoms with van der Waals surface area (Å²) in [4.78, 5) is 2.45. The number of rotatable bonds is 9. The van der Waals surface area contributed by atoms with Gasteiger partial charge in [0.25, 0.3) is 0 Å². The Hall–Kier alpha value is -1.32. The van der Waals surface area contributed by atoms with Crippen LogP contribution in [0.3, 0.4) is 0 Å². The predicted molar refractivity (Wildman–Crippen MR) is 95.8 cm³/mol. The second kappa shape index (κ2) is 14.6. The Balaban J connectivity index is 0.00000211. The summed E-state index contributed by atoms with van der Waals surface area (Å²) in [6.07, 6.45) is 12.3. The van der Waals surface area contributed by atoms with Gasteiger partial charge in [0.1, 0.15) is 5.76 Å². The fraction of sp³-hybridized carbons (Fsp3) is 0.579. The largest absolute Gasteiger partial charge is 0.494 e. The van der Waals surface area contributed by atoms with Crippen LogP contribution in [0.1, 0.15) is 33.1 Å². The quantitative estimate of drug-likeness (QED) is 0.398. The lowest BCUT2D eigenvalue weighted by molar-refractivity contribution is 0.121. The van der Waals surface area contributed by atoms with Gasteiger partial charge in [-0.3, -0.25) is 0 Å². The van der Waals surface area contributed by atoms with Crippen molar-refractivity contribution in [3.05, 3.63) is 49.3 Å². The van der Waals surface area contributed by atoms with Gasteiger partial charge in [0.05, 0.1) is 6.61 Å². The first-order valence-electron chi connectivity index (χ1n) is 8.38. The number of hydrogen-bond acceptors (Lipinski definition) is 3. The highest BCUT2D eigenvalue weighted by atomic mass is 16.5. The number of piperidine rings is 1. The van der Waals surface area contributed by atoms with Gasteiger partial charge in [-0.25, -0.2) is 0 Å². The van der Waals surface area contributed by atoms with E-state index in [1.54, 1.807) is 12.2 Å². The summed E-state index contributed by atoms with van der Waals surface area (Å²) >= 11 is 0. The number of aliphatic hydroxyl groups is 1. The van der Waals surface area contributed by atoms with E-state index >= 15 is 0 Å². The van der Waals surface area contributed by atoms with Gasteiger partial charge in [-0.2, -0.15) is 0 Å². The molecule has 1 heterocycles. The number of nitrogens with zero attached hydrogens (tertiary/aromatic N) is 1. The maximum Gasteiger partial charge on any atom is 0.119 e. The van der Waals surface area contributed by atoms with Crippen molar-refractivity contribution in [1.29, 1.82) is 0 Å². The average molecular weight is 307 g/mol. The predicted octanol–water partition coefficient (Wildman–Crippen LogP) is 3.94. The number of likely N-dealkylation sites (tertiary alicyclic amines) is 1. The number of aliphatic hydroxyl groups excluding tert-OH is 1. The first-order chi connectivity index (χ1) is 10.8. The normalized spacial score (nSPS) is 17.0. The molecule has 0 aromatic heterocycles. The molecule has 1 aliphatic heterocycles. The topological polar surface area (TPSA) is 32.7 Å². The van der Waals surface area contributed by atoms with E-state index < -0.39 is 0 Å². The molecule has 0 atom stereocenters. The van der Waals surface area contributed by atoms with Crippen molar-refractivity contribution in [2.45, 2.75) is 33.1 Å². The standard InChI is InChI=1S/C17H27NO2.C2H6/c1-3-5-8-17(7-4-2)20-14-6-11-18-12-9-16(15-19)10-13-18;1-2/h3-5,7-8,16,19H,1-2,6,9-15H2;1-2H3/b8-5-,17-7+;. The lowest BCUT2D eigenvalue weighted by Crippen LogP contribution is -2.35. The van der Waals surface area contributed by atoms with Crippen LogP contribution in [0.25, 0.3) is 0 Å². The van der Waals surface area contributed by atoms with E-state index in [-0.39, 0.29) is 0 Å². The van der Waals surface area contributed by atoms with Crippen LogP contribution in [0, 0.1) is 5.92 Å². The smallest absolute Gasteiger partial charge is 0.119 e. The lowest BCUT2D eigenvalue weighted by atomic mass is 9.98. The highest BCUT2D eigenvalue weighted by Gasteiger charge is 2.17. The maximum absolute atomic E-state index is 9.11. The Morgan fingerprint density at radius 2 is 1.91 bits per heavy atom. The van der Waals surface area contributed by atoms with Crippen LogP contribution in [0.2, 0.25) is 0 Å². The zero-order valence-corrected chi connectivity index (χ0v) is 14.3. The van der Waals surface area contributed by atoms with Gasteiger partial charge in [-0.05, 0) is 50.4 Å². The molecule has 1 N–H and O–H groups in total. The molecule has 0 unspecified atom stereocenters. The molecule has 0 aromatic rings. The molecule has 1 saturated heterocycles. The minimum absolute atomic E-state index is 0.336. The van der Waals surface area contributed by atoms with Gasteiger partial charge in [-0.1, -0.05) is 45.2 Å². The molecule has 0 saturated carbocycles. The van der Waals surface area contributed by atoms with E-state index in [1.807, 2.05) is 32.1 Å². The average Bonchev–Trinajstić information content (AvgIpc) is 2.58. The van der Waals surface area contributed by atoms with Crippen molar-refractivity contribution in [2.24, 2.45) is 5.92 Å². The Kier molecular flexibility index (Phi) is 13.7. The third-order valence-electron chi connectivity index (χ3n) is 3.53. The van der Waals surface area contributed by atoms with Crippen LogP contribution in [-0.2, 0) is 4.74 Å². The van der Waals surface area contributed by atoms with Crippen LogP contribution >= 0.6 is 0 Å². The third kappa shape index (κ3) is 9.59. The van der Waals surface area contributed by atoms with Crippen LogP contribution in [-0.4, -0.2) is 42.9 Å². The highest BCUT2D eigenvalue weighted by Crippen LogP contribution is 2.16. The van der Waals surface area contributed by atoms with Crippen molar-refractivity contribution in [1.82, 2.24) is 4.90 Å². The molecule has 0 aromatic carbocycles. The molecule has 0 bridgehead atoms. The molecule has 22 heavy (non-hydrogen) atoms. The molecular weight excluding hydrogens is 274 g/mol. The zero-order valence-electron chi connectivity index (χ0n) is 14.3. The van der Waals surface area contributed by atoms with Crippen LogP contribution in [0.5, 0.6) is 0 Å². The lowest BCUT2D eigenvalue weighted by Gasteiger charge is -2.30. The fourth-order valence-electron chi connectivity index (χ4n) is 2.30. The van der Waals surface area contributed by atoms with Gasteiger partial charge in [-0.15, -0.1) is 0 Å². The monoisotopic (exact) mass is 307 g/mol. The molecule has 1 fully saturated rings. The van der Waals surface area contributed by atoms with E-state index in [1.165, 1.54) is 0 Å². The molecule has 1 rings (SSSR count). The summed E-state index contributed by atoms with van der Waals surface area (Å²) in [5.74, 6) is 1.33. The Morgan fingerprint density at radius 1 is 1.23 bits per heavy atom. The van der Waals surface area contributed by atoms with Crippen LogP contribution in [0.15, 0.2) is 49.3 Å². The molecule has 1 aliphatic rings. The molecule has 3 nitrogen and oxygen atoms in total. The summed E-state index contributed by atoms with van der Waals surface area (Å²) in [5.41, 5.74) is 0. The van der Waals surface area contributed by atoms with Crippen LogP contribution < -0.4 is 0 Å². The molecule has 0 aliphatic carbocycles. The van der Waals surface area contributed by atoms with Gasteiger partial charge in [0.15, 0.2) is 0 Å². The number of ether oxygens (including phenoxy) is 1. The Bertz CT molecular complexity index is 339. The molecule has 0 spiro atoms. The minimum atomic E-state index is 0.336. The first kappa shape index (κ1) is 20.7. The molecule has 0 amide bonds. The van der Waals surface area contributed by atoms with Crippen molar-refractivity contribution >= 4 is 0 Å². The molecule has 0 radical (unpaired) electrons. The number of allylic oxidation sites excluding steroid dienone is 5. The second-order valence-corrected chi connectivity index (χ2v) is 5.07. The summed E-state index contributed by atoms with van der Waals surface area (Å²) in [7, 11) is 0. The highest BCUT2D eigenvalue weighted by molar-refractivity contribution is 5.19. The number of hydrogen-bond donors (Lipinski definition) is 1. The van der Waals surface area contributed by atoms with Crippen LogP contribution in [0.4, 0.5) is 0 Å². The van der Waals surface area contributed by atoms with E-state index in [0.29, 0.717) is 19.1 Å². The maximum atomic E-state index is 9.11. The fourth-order valence-corrected chi connectivity index (χ4v) is 2.30. The zero-order chi connectivity index (χ0) is 16.6. The van der Waals surface area contributed by atoms with Gasteiger partial charge in [0, 0.05) is 13.2 Å².